The second-order valence-electron chi connectivity index (χ2n) is 3.94. The van der Waals surface area contributed by atoms with E-state index in [4.69, 9.17) is 5.11 Å². The van der Waals surface area contributed by atoms with Crippen molar-refractivity contribution < 1.29 is 39.5 Å². The molecule has 14 heavy (non-hydrogen) atoms. The fraction of sp³-hybridized carbons (Fsp3) is 0.400. The molecule has 0 saturated carbocycles. The molecule has 0 aliphatic carbocycles. The van der Waals surface area contributed by atoms with Crippen LogP contribution in [0.1, 0.15) is 36.7 Å². The number of carboxylic acids is 1. The van der Waals surface area contributed by atoms with E-state index in [1.807, 2.05) is 20.8 Å². The monoisotopic (exact) mass is 201 g/mol. The molecule has 0 aliphatic rings. The molecular formula is C10H12NNaO2. The first-order valence-electron chi connectivity index (χ1n) is 4.03. The molecule has 0 atom stereocenters. The number of nitrogens with zero attached hydrogens (tertiary/aromatic N) is 1. The zero-order chi connectivity index (χ0) is 10.1. The molecule has 0 unspecified atom stereocenters. The zero-order valence-corrected chi connectivity index (χ0v) is 11.0. The van der Waals surface area contributed by atoms with Crippen LogP contribution < -0.4 is 29.6 Å². The summed E-state index contributed by atoms with van der Waals surface area (Å²) in [5.41, 5.74) is 0.947. The minimum atomic E-state index is -0.987. The Hall–Kier alpha value is -0.380. The maximum absolute atomic E-state index is 10.6. The fourth-order valence-electron chi connectivity index (χ4n) is 0.916. The van der Waals surface area contributed by atoms with Gasteiger partial charge in [-0.05, 0) is 17.2 Å². The van der Waals surface area contributed by atoms with Crippen molar-refractivity contribution in [2.24, 2.45) is 0 Å². The summed E-state index contributed by atoms with van der Waals surface area (Å²) in [5, 5.41) is 8.70. The minimum Gasteiger partial charge on any atom is -0.521 e. The van der Waals surface area contributed by atoms with Crippen LogP contribution in [0.15, 0.2) is 12.3 Å². The van der Waals surface area contributed by atoms with Crippen molar-refractivity contribution in [3.05, 3.63) is 29.6 Å². The SMILES string of the molecule is CC(C)(C)c1cn[c-]c(C(=O)O)c1.[Na+]. The first kappa shape index (κ1) is 13.6. The molecule has 3 nitrogen and oxygen atoms in total. The van der Waals surface area contributed by atoms with Crippen LogP contribution in [0.25, 0.3) is 0 Å². The van der Waals surface area contributed by atoms with Gasteiger partial charge in [0.2, 0.25) is 5.97 Å². The van der Waals surface area contributed by atoms with Crippen molar-refractivity contribution in [3.63, 3.8) is 0 Å². The molecule has 70 valence electrons. The Morgan fingerprint density at radius 2 is 2.07 bits per heavy atom. The van der Waals surface area contributed by atoms with Gasteiger partial charge in [-0.25, -0.2) is 0 Å². The van der Waals surface area contributed by atoms with Crippen molar-refractivity contribution in [2.45, 2.75) is 26.2 Å². The predicted octanol–water partition coefficient (Wildman–Crippen LogP) is -1.12. The van der Waals surface area contributed by atoms with Crippen LogP contribution in [-0.4, -0.2) is 16.1 Å². The second kappa shape index (κ2) is 4.91. The molecule has 0 radical (unpaired) electrons. The van der Waals surface area contributed by atoms with Crippen LogP contribution in [0.3, 0.4) is 0 Å². The third-order valence-electron chi connectivity index (χ3n) is 1.78. The number of hydrogen-bond donors (Lipinski definition) is 1. The van der Waals surface area contributed by atoms with Gasteiger partial charge in [0.1, 0.15) is 0 Å². The quantitative estimate of drug-likeness (QED) is 0.462. The van der Waals surface area contributed by atoms with Crippen molar-refractivity contribution in [3.8, 4) is 0 Å². The summed E-state index contributed by atoms with van der Waals surface area (Å²) in [4.78, 5) is 14.4. The Labute approximate surface area is 106 Å². The van der Waals surface area contributed by atoms with E-state index in [0.717, 1.165) is 5.56 Å². The topological polar surface area (TPSA) is 50.2 Å². The molecule has 1 aromatic rings. The van der Waals surface area contributed by atoms with Crippen LogP contribution in [-0.2, 0) is 5.41 Å². The Morgan fingerprint density at radius 1 is 1.50 bits per heavy atom. The van der Waals surface area contributed by atoms with Gasteiger partial charge in [-0.2, -0.15) is 0 Å². The Bertz CT molecular complexity index is 331. The normalized spacial score (nSPS) is 10.5. The predicted molar refractivity (Wildman–Crippen MR) is 48.7 cm³/mol. The summed E-state index contributed by atoms with van der Waals surface area (Å²) >= 11 is 0. The van der Waals surface area contributed by atoms with Gasteiger partial charge in [-0.3, -0.25) is 0 Å². The molecule has 0 aliphatic heterocycles. The van der Waals surface area contributed by atoms with Crippen molar-refractivity contribution >= 4 is 5.97 Å². The van der Waals surface area contributed by atoms with Crippen LogP contribution in [0, 0.1) is 6.20 Å². The van der Waals surface area contributed by atoms with E-state index in [1.165, 1.54) is 0 Å². The molecular weight excluding hydrogens is 189 g/mol. The minimum absolute atomic E-state index is 0. The summed E-state index contributed by atoms with van der Waals surface area (Å²) in [6, 6.07) is 1.61. The van der Waals surface area contributed by atoms with Crippen molar-refractivity contribution in [1.29, 1.82) is 0 Å². The van der Waals surface area contributed by atoms with E-state index in [-0.39, 0.29) is 40.5 Å². The molecule has 1 aromatic heterocycles. The average molecular weight is 201 g/mol. The summed E-state index contributed by atoms with van der Waals surface area (Å²) in [7, 11) is 0. The zero-order valence-electron chi connectivity index (χ0n) is 8.96. The maximum Gasteiger partial charge on any atom is 1.00 e. The molecule has 1 rings (SSSR count). The van der Waals surface area contributed by atoms with Crippen LogP contribution in [0.2, 0.25) is 0 Å². The van der Waals surface area contributed by atoms with Gasteiger partial charge in [0.25, 0.3) is 0 Å². The number of carboxylic acid groups (broad SMARTS) is 1. The summed E-state index contributed by atoms with van der Waals surface area (Å²) in [6.45, 7) is 6.03. The van der Waals surface area contributed by atoms with Gasteiger partial charge in [-0.15, -0.1) is 11.6 Å². The molecule has 0 amide bonds. The van der Waals surface area contributed by atoms with E-state index in [2.05, 4.69) is 11.2 Å². The third kappa shape index (κ3) is 3.40. The van der Waals surface area contributed by atoms with Gasteiger partial charge in [0.15, 0.2) is 0 Å². The van der Waals surface area contributed by atoms with E-state index >= 15 is 0 Å². The molecule has 1 heterocycles. The Morgan fingerprint density at radius 3 is 2.50 bits per heavy atom. The standard InChI is InChI=1S/C10H12NO2.Na/c1-10(2,3)8-4-7(9(12)13)5-11-6-8;/h4,6H,1-3H3,(H,12,13);/q-1;+1. The van der Waals surface area contributed by atoms with E-state index < -0.39 is 5.97 Å². The van der Waals surface area contributed by atoms with E-state index in [9.17, 15) is 4.79 Å². The van der Waals surface area contributed by atoms with Gasteiger partial charge in [0.05, 0.1) is 0 Å². The summed E-state index contributed by atoms with van der Waals surface area (Å²) < 4.78 is 0. The van der Waals surface area contributed by atoms with Gasteiger partial charge in [-0.1, -0.05) is 27.0 Å². The average Bonchev–Trinajstić information content (AvgIpc) is 2.03. The van der Waals surface area contributed by atoms with Gasteiger partial charge >= 0.3 is 29.6 Å². The van der Waals surface area contributed by atoms with Gasteiger partial charge < -0.3 is 14.9 Å². The molecule has 0 fully saturated rings. The molecule has 1 N–H and O–H groups in total. The summed E-state index contributed by atoms with van der Waals surface area (Å²) in [5.74, 6) is -0.987. The van der Waals surface area contributed by atoms with E-state index in [0.29, 0.717) is 0 Å². The smallest absolute Gasteiger partial charge is 0.521 e. The molecule has 4 heteroatoms. The number of rotatable bonds is 1. The van der Waals surface area contributed by atoms with Crippen LogP contribution in [0.4, 0.5) is 0 Å². The third-order valence-corrected chi connectivity index (χ3v) is 1.78. The fourth-order valence-corrected chi connectivity index (χ4v) is 0.916. The Balaban J connectivity index is 0.00000169. The molecule has 0 bridgehead atoms. The number of aromatic nitrogens is 1. The number of pyridine rings is 1. The molecule has 0 spiro atoms. The number of hydrogen-bond acceptors (Lipinski definition) is 2. The molecule has 0 aromatic carbocycles. The van der Waals surface area contributed by atoms with E-state index in [1.54, 1.807) is 12.3 Å². The maximum atomic E-state index is 10.6. The Kier molecular flexibility index (Phi) is 4.78. The molecule has 0 saturated heterocycles. The second-order valence-corrected chi connectivity index (χ2v) is 3.94. The summed E-state index contributed by atoms with van der Waals surface area (Å²) in [6.07, 6.45) is 4.08. The van der Waals surface area contributed by atoms with Crippen LogP contribution >= 0.6 is 0 Å². The first-order chi connectivity index (χ1) is 5.91. The number of aromatic carboxylic acids is 1. The van der Waals surface area contributed by atoms with Crippen LogP contribution in [0.5, 0.6) is 0 Å². The number of carbonyl (C=O) groups is 1. The largest absolute Gasteiger partial charge is 1.00 e. The van der Waals surface area contributed by atoms with Crippen molar-refractivity contribution in [2.75, 3.05) is 0 Å². The first-order valence-corrected chi connectivity index (χ1v) is 4.03. The van der Waals surface area contributed by atoms with Gasteiger partial charge in [0, 0.05) is 0 Å². The van der Waals surface area contributed by atoms with Crippen molar-refractivity contribution in [1.82, 2.24) is 4.98 Å².